The van der Waals surface area contributed by atoms with Crippen LogP contribution in [-0.2, 0) is 0 Å². The highest BCUT2D eigenvalue weighted by atomic mass is 35.5. The summed E-state index contributed by atoms with van der Waals surface area (Å²) in [6.07, 6.45) is 6.72. The van der Waals surface area contributed by atoms with Crippen LogP contribution in [0.2, 0.25) is 5.02 Å². The Hall–Kier alpha value is -0.730. The van der Waals surface area contributed by atoms with Gasteiger partial charge in [-0.05, 0) is 43.5 Å². The molecule has 18 heavy (non-hydrogen) atoms. The maximum absolute atomic E-state index is 6.22. The maximum Gasteiger partial charge on any atom is 0.137 e. The molecule has 2 nitrogen and oxygen atoms in total. The van der Waals surface area contributed by atoms with Gasteiger partial charge < -0.3 is 10.1 Å². The average molecular weight is 268 g/mol. The Balaban J connectivity index is 2.18. The summed E-state index contributed by atoms with van der Waals surface area (Å²) in [7, 11) is 3.69. The van der Waals surface area contributed by atoms with Gasteiger partial charge in [0.25, 0.3) is 0 Å². The zero-order chi connectivity index (χ0) is 13.0. The van der Waals surface area contributed by atoms with E-state index < -0.39 is 0 Å². The van der Waals surface area contributed by atoms with Gasteiger partial charge in [0, 0.05) is 6.04 Å². The quantitative estimate of drug-likeness (QED) is 0.883. The van der Waals surface area contributed by atoms with E-state index in [4.69, 9.17) is 16.3 Å². The first-order valence-electron chi connectivity index (χ1n) is 6.77. The van der Waals surface area contributed by atoms with Gasteiger partial charge in [-0.3, -0.25) is 0 Å². The molecule has 0 spiro atoms. The second-order valence-corrected chi connectivity index (χ2v) is 5.47. The smallest absolute Gasteiger partial charge is 0.137 e. The zero-order valence-electron chi connectivity index (χ0n) is 11.2. The number of methoxy groups -OCH3 is 1. The lowest BCUT2D eigenvalue weighted by molar-refractivity contribution is 0.281. The molecule has 0 saturated heterocycles. The van der Waals surface area contributed by atoms with Crippen molar-refractivity contribution < 1.29 is 4.74 Å². The maximum atomic E-state index is 6.22. The van der Waals surface area contributed by atoms with Crippen molar-refractivity contribution in [1.82, 2.24) is 5.32 Å². The molecule has 1 unspecified atom stereocenters. The van der Waals surface area contributed by atoms with Crippen LogP contribution in [0.3, 0.4) is 0 Å². The van der Waals surface area contributed by atoms with E-state index in [2.05, 4.69) is 11.4 Å². The third-order valence-corrected chi connectivity index (χ3v) is 4.26. The highest BCUT2D eigenvalue weighted by Crippen LogP contribution is 2.36. The molecule has 1 aromatic rings. The van der Waals surface area contributed by atoms with Gasteiger partial charge in [-0.25, -0.2) is 0 Å². The van der Waals surface area contributed by atoms with Crippen molar-refractivity contribution in [1.29, 1.82) is 0 Å². The van der Waals surface area contributed by atoms with Crippen LogP contribution >= 0.6 is 11.6 Å². The Labute approximate surface area is 115 Å². The predicted octanol–water partition coefficient (Wildman–Crippen LogP) is 4.19. The van der Waals surface area contributed by atoms with Crippen LogP contribution < -0.4 is 10.1 Å². The zero-order valence-corrected chi connectivity index (χ0v) is 12.0. The number of ether oxygens (including phenoxy) is 1. The summed E-state index contributed by atoms with van der Waals surface area (Å²) in [4.78, 5) is 0. The number of halogens is 1. The molecule has 1 saturated carbocycles. The van der Waals surface area contributed by atoms with Crippen LogP contribution in [0.25, 0.3) is 0 Å². The van der Waals surface area contributed by atoms with Crippen LogP contribution in [-0.4, -0.2) is 14.2 Å². The molecule has 0 bridgehead atoms. The number of hydrogen-bond acceptors (Lipinski definition) is 2. The molecule has 1 atom stereocenters. The molecule has 0 radical (unpaired) electrons. The number of benzene rings is 1. The van der Waals surface area contributed by atoms with Crippen molar-refractivity contribution in [2.45, 2.75) is 38.1 Å². The Morgan fingerprint density at radius 1 is 1.28 bits per heavy atom. The number of hydrogen-bond donors (Lipinski definition) is 1. The minimum Gasteiger partial charge on any atom is -0.495 e. The van der Waals surface area contributed by atoms with Gasteiger partial charge in [-0.1, -0.05) is 36.9 Å². The Bertz CT molecular complexity index is 388. The summed E-state index contributed by atoms with van der Waals surface area (Å²) < 4.78 is 5.21. The minimum absolute atomic E-state index is 0.411. The van der Waals surface area contributed by atoms with Crippen molar-refractivity contribution in [2.24, 2.45) is 5.92 Å². The third-order valence-electron chi connectivity index (χ3n) is 3.97. The molecule has 1 aliphatic carbocycles. The summed E-state index contributed by atoms with van der Waals surface area (Å²) in [5.41, 5.74) is 1.27. The lowest BCUT2D eigenvalue weighted by Gasteiger charge is -2.30. The highest BCUT2D eigenvalue weighted by Gasteiger charge is 2.24. The molecule has 1 fully saturated rings. The lowest BCUT2D eigenvalue weighted by Crippen LogP contribution is -2.26. The molecule has 0 aromatic heterocycles. The van der Waals surface area contributed by atoms with E-state index >= 15 is 0 Å². The van der Waals surface area contributed by atoms with Gasteiger partial charge in [0.15, 0.2) is 0 Å². The first-order chi connectivity index (χ1) is 8.76. The van der Waals surface area contributed by atoms with E-state index in [0.29, 0.717) is 11.1 Å². The Morgan fingerprint density at radius 2 is 2.00 bits per heavy atom. The van der Waals surface area contributed by atoms with Crippen LogP contribution in [0.4, 0.5) is 0 Å². The molecule has 0 aliphatic heterocycles. The van der Waals surface area contributed by atoms with E-state index in [-0.39, 0.29) is 0 Å². The normalized spacial score (nSPS) is 18.6. The number of rotatable bonds is 4. The Kier molecular flexibility index (Phi) is 4.90. The van der Waals surface area contributed by atoms with Crippen LogP contribution in [0, 0.1) is 5.92 Å². The number of nitrogens with one attached hydrogen (secondary N) is 1. The first kappa shape index (κ1) is 13.7. The van der Waals surface area contributed by atoms with Crippen LogP contribution in [0.5, 0.6) is 5.75 Å². The largest absolute Gasteiger partial charge is 0.495 e. The molecule has 0 amide bonds. The van der Waals surface area contributed by atoms with E-state index in [1.54, 1.807) is 7.11 Å². The molecule has 1 N–H and O–H groups in total. The fourth-order valence-corrected chi connectivity index (χ4v) is 3.28. The summed E-state index contributed by atoms with van der Waals surface area (Å²) >= 11 is 6.22. The van der Waals surface area contributed by atoms with Crippen LogP contribution in [0.15, 0.2) is 18.2 Å². The van der Waals surface area contributed by atoms with Crippen molar-refractivity contribution in [3.05, 3.63) is 28.8 Å². The highest BCUT2D eigenvalue weighted by molar-refractivity contribution is 6.32. The van der Waals surface area contributed by atoms with Gasteiger partial charge in [0.1, 0.15) is 5.75 Å². The fraction of sp³-hybridized carbons (Fsp3) is 0.600. The molecule has 1 aliphatic rings. The second-order valence-electron chi connectivity index (χ2n) is 5.06. The standard InChI is InChI=1S/C15H22ClNO/c1-17-15(11-6-4-3-5-7-11)12-8-9-14(18-2)13(16)10-12/h8-11,15,17H,3-7H2,1-2H3. The van der Waals surface area contributed by atoms with Gasteiger partial charge in [0.05, 0.1) is 12.1 Å². The Morgan fingerprint density at radius 3 is 2.56 bits per heavy atom. The topological polar surface area (TPSA) is 21.3 Å². The summed E-state index contributed by atoms with van der Waals surface area (Å²) in [6, 6.07) is 6.54. The molecule has 1 aromatic carbocycles. The van der Waals surface area contributed by atoms with E-state index in [0.717, 1.165) is 11.7 Å². The SMILES string of the molecule is CNC(c1ccc(OC)c(Cl)c1)C1CCCCC1. The van der Waals surface area contributed by atoms with E-state index in [1.165, 1.54) is 37.7 Å². The van der Waals surface area contributed by atoms with Crippen molar-refractivity contribution in [3.63, 3.8) is 0 Å². The minimum atomic E-state index is 0.411. The third kappa shape index (κ3) is 2.99. The van der Waals surface area contributed by atoms with Crippen LogP contribution in [0.1, 0.15) is 43.7 Å². The van der Waals surface area contributed by atoms with Crippen molar-refractivity contribution >= 4 is 11.6 Å². The summed E-state index contributed by atoms with van der Waals surface area (Å²) in [5.74, 6) is 1.48. The lowest BCUT2D eigenvalue weighted by atomic mass is 9.81. The fourth-order valence-electron chi connectivity index (χ4n) is 3.02. The average Bonchev–Trinajstić information content (AvgIpc) is 2.41. The summed E-state index contributed by atoms with van der Waals surface area (Å²) in [5, 5.41) is 4.15. The van der Waals surface area contributed by atoms with Gasteiger partial charge in [-0.2, -0.15) is 0 Å². The summed E-state index contributed by atoms with van der Waals surface area (Å²) in [6.45, 7) is 0. The molecule has 2 rings (SSSR count). The van der Waals surface area contributed by atoms with Gasteiger partial charge in [-0.15, -0.1) is 0 Å². The monoisotopic (exact) mass is 267 g/mol. The first-order valence-corrected chi connectivity index (χ1v) is 7.14. The van der Waals surface area contributed by atoms with Gasteiger partial charge >= 0.3 is 0 Å². The molecular weight excluding hydrogens is 246 g/mol. The molecule has 0 heterocycles. The molecule has 100 valence electrons. The van der Waals surface area contributed by atoms with E-state index in [9.17, 15) is 0 Å². The second kappa shape index (κ2) is 6.44. The molecule has 3 heteroatoms. The molecular formula is C15H22ClNO. The van der Waals surface area contributed by atoms with Gasteiger partial charge in [0.2, 0.25) is 0 Å². The predicted molar refractivity (Wildman–Crippen MR) is 76.4 cm³/mol. The van der Waals surface area contributed by atoms with Crippen molar-refractivity contribution in [2.75, 3.05) is 14.2 Å². The van der Waals surface area contributed by atoms with E-state index in [1.807, 2.05) is 19.2 Å². The van der Waals surface area contributed by atoms with Crippen molar-refractivity contribution in [3.8, 4) is 5.75 Å².